The SMILES string of the molecule is CCCOCC(=O)c1ccc(OC[C@@H](C)O)c2ccccc12. The van der Waals surface area contributed by atoms with Crippen LogP contribution in [0, 0.1) is 0 Å². The molecule has 0 aliphatic carbocycles. The molecule has 0 aliphatic heterocycles. The maximum Gasteiger partial charge on any atom is 0.189 e. The average Bonchev–Trinajstić information content (AvgIpc) is 2.52. The van der Waals surface area contributed by atoms with Crippen LogP contribution in [0.15, 0.2) is 36.4 Å². The number of aliphatic hydroxyl groups is 1. The molecule has 0 unspecified atom stereocenters. The number of carbonyl (C=O) groups excluding carboxylic acids is 1. The van der Waals surface area contributed by atoms with E-state index in [0.717, 1.165) is 17.2 Å². The van der Waals surface area contributed by atoms with Gasteiger partial charge in [-0.1, -0.05) is 31.2 Å². The second kappa shape index (κ2) is 7.92. The molecule has 0 bridgehead atoms. The Balaban J connectivity index is 2.29. The largest absolute Gasteiger partial charge is 0.490 e. The molecule has 0 heterocycles. The highest BCUT2D eigenvalue weighted by Crippen LogP contribution is 2.29. The minimum atomic E-state index is -0.539. The van der Waals surface area contributed by atoms with E-state index in [1.54, 1.807) is 19.1 Å². The van der Waals surface area contributed by atoms with E-state index in [2.05, 4.69) is 0 Å². The summed E-state index contributed by atoms with van der Waals surface area (Å²) in [4.78, 5) is 12.3. The maximum atomic E-state index is 12.3. The minimum absolute atomic E-state index is 0.0354. The highest BCUT2D eigenvalue weighted by Gasteiger charge is 2.13. The van der Waals surface area contributed by atoms with Gasteiger partial charge in [0.05, 0.1) is 6.10 Å². The summed E-state index contributed by atoms with van der Waals surface area (Å²) in [5.41, 5.74) is 0.635. The monoisotopic (exact) mass is 302 g/mol. The number of ether oxygens (including phenoxy) is 2. The van der Waals surface area contributed by atoms with Crippen LogP contribution in [-0.4, -0.2) is 36.8 Å². The first kappa shape index (κ1) is 16.5. The van der Waals surface area contributed by atoms with Crippen LogP contribution in [-0.2, 0) is 4.74 Å². The Kier molecular flexibility index (Phi) is 5.92. The highest BCUT2D eigenvalue weighted by atomic mass is 16.5. The van der Waals surface area contributed by atoms with Crippen molar-refractivity contribution < 1.29 is 19.4 Å². The zero-order valence-corrected chi connectivity index (χ0v) is 13.0. The summed E-state index contributed by atoms with van der Waals surface area (Å²) in [6.07, 6.45) is 0.350. The van der Waals surface area contributed by atoms with Crippen LogP contribution in [0.25, 0.3) is 10.8 Å². The predicted molar refractivity (Wildman–Crippen MR) is 86.6 cm³/mol. The fourth-order valence-corrected chi connectivity index (χ4v) is 2.24. The van der Waals surface area contributed by atoms with Crippen LogP contribution in [0.4, 0.5) is 0 Å². The van der Waals surface area contributed by atoms with Crippen molar-refractivity contribution in [1.29, 1.82) is 0 Å². The summed E-state index contributed by atoms with van der Waals surface area (Å²) in [5, 5.41) is 11.1. The molecule has 0 saturated heterocycles. The van der Waals surface area contributed by atoms with Crippen LogP contribution in [0.1, 0.15) is 30.6 Å². The number of aliphatic hydroxyl groups excluding tert-OH is 1. The van der Waals surface area contributed by atoms with Crippen molar-refractivity contribution in [3.8, 4) is 5.75 Å². The van der Waals surface area contributed by atoms with Gasteiger partial charge >= 0.3 is 0 Å². The Morgan fingerprint density at radius 1 is 1.18 bits per heavy atom. The van der Waals surface area contributed by atoms with Gasteiger partial charge in [-0.3, -0.25) is 4.79 Å². The van der Waals surface area contributed by atoms with Crippen LogP contribution in [0.3, 0.4) is 0 Å². The van der Waals surface area contributed by atoms with Gasteiger partial charge in [-0.05, 0) is 30.9 Å². The fraction of sp³-hybridized carbons (Fsp3) is 0.389. The van der Waals surface area contributed by atoms with E-state index in [4.69, 9.17) is 9.47 Å². The van der Waals surface area contributed by atoms with E-state index >= 15 is 0 Å². The third kappa shape index (κ3) is 4.06. The molecule has 0 aromatic heterocycles. The molecule has 0 aliphatic rings. The predicted octanol–water partition coefficient (Wildman–Crippen LogP) is 3.21. The number of hydrogen-bond donors (Lipinski definition) is 1. The van der Waals surface area contributed by atoms with Crippen LogP contribution in [0.2, 0.25) is 0 Å². The van der Waals surface area contributed by atoms with Crippen molar-refractivity contribution in [2.75, 3.05) is 19.8 Å². The van der Waals surface area contributed by atoms with Crippen LogP contribution in [0.5, 0.6) is 5.75 Å². The van der Waals surface area contributed by atoms with Gasteiger partial charge in [0.15, 0.2) is 5.78 Å². The van der Waals surface area contributed by atoms with Gasteiger partial charge < -0.3 is 14.6 Å². The van der Waals surface area contributed by atoms with E-state index in [9.17, 15) is 9.90 Å². The van der Waals surface area contributed by atoms with Crippen LogP contribution < -0.4 is 4.74 Å². The summed E-state index contributed by atoms with van der Waals surface area (Å²) in [5.74, 6) is 0.634. The molecule has 2 rings (SSSR count). The Morgan fingerprint density at radius 3 is 2.59 bits per heavy atom. The smallest absolute Gasteiger partial charge is 0.189 e. The third-order valence-electron chi connectivity index (χ3n) is 3.25. The fourth-order valence-electron chi connectivity index (χ4n) is 2.24. The second-order valence-corrected chi connectivity index (χ2v) is 5.29. The molecule has 118 valence electrons. The number of benzene rings is 2. The summed E-state index contributed by atoms with van der Waals surface area (Å²) in [7, 11) is 0. The lowest BCUT2D eigenvalue weighted by Crippen LogP contribution is -2.13. The molecule has 4 heteroatoms. The maximum absolute atomic E-state index is 12.3. The van der Waals surface area contributed by atoms with E-state index in [1.165, 1.54) is 0 Å². The van der Waals surface area contributed by atoms with Crippen molar-refractivity contribution in [3.63, 3.8) is 0 Å². The summed E-state index contributed by atoms with van der Waals surface area (Å²) in [6.45, 7) is 4.57. The number of rotatable bonds is 8. The van der Waals surface area contributed by atoms with Crippen molar-refractivity contribution >= 4 is 16.6 Å². The molecular weight excluding hydrogens is 280 g/mol. The van der Waals surface area contributed by atoms with Gasteiger partial charge in [-0.2, -0.15) is 0 Å². The Labute approximate surface area is 130 Å². The molecule has 2 aromatic carbocycles. The first-order chi connectivity index (χ1) is 10.6. The molecule has 0 fully saturated rings. The number of hydrogen-bond acceptors (Lipinski definition) is 4. The van der Waals surface area contributed by atoms with Crippen molar-refractivity contribution in [3.05, 3.63) is 42.0 Å². The van der Waals surface area contributed by atoms with E-state index < -0.39 is 6.10 Å². The lowest BCUT2D eigenvalue weighted by atomic mass is 10.0. The van der Waals surface area contributed by atoms with Crippen molar-refractivity contribution in [2.24, 2.45) is 0 Å². The first-order valence-corrected chi connectivity index (χ1v) is 7.57. The molecule has 0 amide bonds. The zero-order valence-electron chi connectivity index (χ0n) is 13.0. The Bertz CT molecular complexity index is 634. The molecule has 4 nitrogen and oxygen atoms in total. The normalized spacial score (nSPS) is 12.3. The Hall–Kier alpha value is -1.91. The van der Waals surface area contributed by atoms with Crippen molar-refractivity contribution in [1.82, 2.24) is 0 Å². The standard InChI is InChI=1S/C18H22O4/c1-3-10-21-12-17(20)15-8-9-18(22-11-13(2)19)16-7-5-4-6-14(15)16/h4-9,13,19H,3,10-12H2,1-2H3/t13-/m1/s1. The number of Topliss-reactive ketones (excluding diaryl/α,β-unsaturated/α-hetero) is 1. The average molecular weight is 302 g/mol. The number of fused-ring (bicyclic) bond motifs is 1. The topological polar surface area (TPSA) is 55.8 Å². The van der Waals surface area contributed by atoms with Gasteiger partial charge in [-0.15, -0.1) is 0 Å². The van der Waals surface area contributed by atoms with Crippen LogP contribution >= 0.6 is 0 Å². The van der Waals surface area contributed by atoms with Gasteiger partial charge in [0, 0.05) is 17.6 Å². The third-order valence-corrected chi connectivity index (χ3v) is 3.25. The molecular formula is C18H22O4. The van der Waals surface area contributed by atoms with Crippen molar-refractivity contribution in [2.45, 2.75) is 26.4 Å². The van der Waals surface area contributed by atoms with Gasteiger partial charge in [0.1, 0.15) is 19.0 Å². The molecule has 2 aromatic rings. The van der Waals surface area contributed by atoms with Gasteiger partial charge in [-0.25, -0.2) is 0 Å². The number of carbonyl (C=O) groups is 1. The molecule has 1 N–H and O–H groups in total. The highest BCUT2D eigenvalue weighted by molar-refractivity contribution is 6.10. The zero-order chi connectivity index (χ0) is 15.9. The molecule has 0 saturated carbocycles. The van der Waals surface area contributed by atoms with E-state index in [-0.39, 0.29) is 19.0 Å². The Morgan fingerprint density at radius 2 is 1.91 bits per heavy atom. The molecule has 0 spiro atoms. The number of ketones is 1. The summed E-state index contributed by atoms with van der Waals surface area (Å²) in [6, 6.07) is 11.1. The molecule has 22 heavy (non-hydrogen) atoms. The molecule has 1 atom stereocenters. The van der Waals surface area contributed by atoms with Gasteiger partial charge in [0.2, 0.25) is 0 Å². The summed E-state index contributed by atoms with van der Waals surface area (Å²) >= 11 is 0. The lowest BCUT2D eigenvalue weighted by Gasteiger charge is -2.13. The first-order valence-electron chi connectivity index (χ1n) is 7.57. The minimum Gasteiger partial charge on any atom is -0.490 e. The van der Waals surface area contributed by atoms with E-state index in [1.807, 2.05) is 31.2 Å². The lowest BCUT2D eigenvalue weighted by molar-refractivity contribution is 0.0763. The quantitative estimate of drug-likeness (QED) is 0.601. The second-order valence-electron chi connectivity index (χ2n) is 5.29. The summed E-state index contributed by atoms with van der Waals surface area (Å²) < 4.78 is 11.0. The molecule has 0 radical (unpaired) electrons. The van der Waals surface area contributed by atoms with E-state index in [0.29, 0.717) is 17.9 Å². The van der Waals surface area contributed by atoms with Gasteiger partial charge in [0.25, 0.3) is 0 Å².